The number of hydrogen-bond acceptors (Lipinski definition) is 2. The van der Waals surface area contributed by atoms with Crippen molar-refractivity contribution in [3.05, 3.63) is 35.9 Å². The van der Waals surface area contributed by atoms with E-state index in [-0.39, 0.29) is 18.6 Å². The van der Waals surface area contributed by atoms with Gasteiger partial charge in [0.05, 0.1) is 5.41 Å². The molecule has 2 rings (SSSR count). The van der Waals surface area contributed by atoms with E-state index in [1.807, 2.05) is 18.2 Å². The van der Waals surface area contributed by atoms with E-state index >= 15 is 0 Å². The SMILES string of the molecule is CC(C)(CNC(=O)NC1CC1c1ccccc1)C(=O)O. The average Bonchev–Trinajstić information content (AvgIpc) is 3.16. The van der Waals surface area contributed by atoms with Crippen LogP contribution in [0.1, 0.15) is 31.7 Å². The first-order chi connectivity index (χ1) is 9.40. The summed E-state index contributed by atoms with van der Waals surface area (Å²) in [7, 11) is 0. The average molecular weight is 276 g/mol. The molecule has 0 aliphatic heterocycles. The maximum atomic E-state index is 11.7. The molecule has 0 bridgehead atoms. The van der Waals surface area contributed by atoms with Crippen LogP contribution in [0.15, 0.2) is 30.3 Å². The molecule has 1 aliphatic carbocycles. The van der Waals surface area contributed by atoms with Crippen molar-refractivity contribution in [2.75, 3.05) is 6.54 Å². The van der Waals surface area contributed by atoms with Crippen LogP contribution in [-0.4, -0.2) is 29.7 Å². The van der Waals surface area contributed by atoms with Crippen LogP contribution in [0, 0.1) is 5.41 Å². The van der Waals surface area contributed by atoms with Crippen LogP contribution >= 0.6 is 0 Å². The van der Waals surface area contributed by atoms with E-state index < -0.39 is 11.4 Å². The van der Waals surface area contributed by atoms with Crippen LogP contribution in [0.25, 0.3) is 0 Å². The van der Waals surface area contributed by atoms with Crippen LogP contribution in [-0.2, 0) is 4.79 Å². The van der Waals surface area contributed by atoms with E-state index in [1.165, 1.54) is 5.56 Å². The lowest BCUT2D eigenvalue weighted by atomic mass is 9.94. The summed E-state index contributed by atoms with van der Waals surface area (Å²) in [6, 6.07) is 9.89. The summed E-state index contributed by atoms with van der Waals surface area (Å²) in [6.45, 7) is 3.27. The van der Waals surface area contributed by atoms with Gasteiger partial charge in [0.15, 0.2) is 0 Å². The largest absolute Gasteiger partial charge is 0.481 e. The molecule has 108 valence electrons. The van der Waals surface area contributed by atoms with Crippen molar-refractivity contribution in [2.45, 2.75) is 32.2 Å². The molecule has 2 unspecified atom stereocenters. The second kappa shape index (κ2) is 5.53. The molecule has 1 aromatic rings. The topological polar surface area (TPSA) is 78.4 Å². The third kappa shape index (κ3) is 3.50. The Morgan fingerprint density at radius 2 is 1.95 bits per heavy atom. The summed E-state index contributed by atoms with van der Waals surface area (Å²) >= 11 is 0. The molecule has 0 spiro atoms. The molecule has 1 aliphatic rings. The number of carbonyl (C=O) groups is 2. The Balaban J connectivity index is 1.76. The van der Waals surface area contributed by atoms with E-state index in [1.54, 1.807) is 13.8 Å². The molecule has 5 heteroatoms. The molecule has 0 aromatic heterocycles. The van der Waals surface area contributed by atoms with E-state index in [0.29, 0.717) is 5.92 Å². The second-order valence-corrected chi connectivity index (χ2v) is 5.88. The fourth-order valence-corrected chi connectivity index (χ4v) is 2.02. The van der Waals surface area contributed by atoms with Crippen molar-refractivity contribution in [2.24, 2.45) is 5.41 Å². The van der Waals surface area contributed by atoms with Gasteiger partial charge in [-0.2, -0.15) is 0 Å². The Morgan fingerprint density at radius 3 is 2.55 bits per heavy atom. The van der Waals surface area contributed by atoms with Gasteiger partial charge < -0.3 is 15.7 Å². The third-order valence-corrected chi connectivity index (χ3v) is 3.60. The van der Waals surface area contributed by atoms with E-state index in [4.69, 9.17) is 5.11 Å². The smallest absolute Gasteiger partial charge is 0.315 e. The molecule has 0 radical (unpaired) electrons. The van der Waals surface area contributed by atoms with Crippen LogP contribution in [0.4, 0.5) is 4.79 Å². The monoisotopic (exact) mass is 276 g/mol. The summed E-state index contributed by atoms with van der Waals surface area (Å²) in [5, 5.41) is 14.5. The van der Waals surface area contributed by atoms with Gasteiger partial charge in [0.2, 0.25) is 0 Å². The van der Waals surface area contributed by atoms with Gasteiger partial charge in [-0.15, -0.1) is 0 Å². The lowest BCUT2D eigenvalue weighted by molar-refractivity contribution is -0.146. The number of rotatable bonds is 5. The number of hydrogen-bond donors (Lipinski definition) is 3. The zero-order chi connectivity index (χ0) is 14.8. The summed E-state index contributed by atoms with van der Waals surface area (Å²) < 4.78 is 0. The highest BCUT2D eigenvalue weighted by atomic mass is 16.4. The molecule has 2 amide bonds. The summed E-state index contributed by atoms with van der Waals surface area (Å²) in [5.41, 5.74) is 0.267. The first kappa shape index (κ1) is 14.4. The van der Waals surface area contributed by atoms with Gasteiger partial charge in [0.1, 0.15) is 0 Å². The standard InChI is InChI=1S/C15H20N2O3/c1-15(2,13(18)19)9-16-14(20)17-12-8-11(12)10-6-4-3-5-7-10/h3-7,11-12H,8-9H2,1-2H3,(H,18,19)(H2,16,17,20). The number of urea groups is 1. The molecule has 1 aromatic carbocycles. The third-order valence-electron chi connectivity index (χ3n) is 3.60. The van der Waals surface area contributed by atoms with Crippen LogP contribution < -0.4 is 10.6 Å². The van der Waals surface area contributed by atoms with Gasteiger partial charge in [0.25, 0.3) is 0 Å². The van der Waals surface area contributed by atoms with Crippen molar-refractivity contribution in [1.82, 2.24) is 10.6 Å². The van der Waals surface area contributed by atoms with Crippen LogP contribution in [0.3, 0.4) is 0 Å². The molecule has 1 saturated carbocycles. The Morgan fingerprint density at radius 1 is 1.30 bits per heavy atom. The number of carbonyl (C=O) groups excluding carboxylic acids is 1. The minimum absolute atomic E-state index is 0.108. The molecule has 3 N–H and O–H groups in total. The van der Waals surface area contributed by atoms with E-state index in [0.717, 1.165) is 6.42 Å². The predicted octanol–water partition coefficient (Wildman–Crippen LogP) is 1.95. The van der Waals surface area contributed by atoms with Crippen molar-refractivity contribution < 1.29 is 14.7 Å². The van der Waals surface area contributed by atoms with Crippen molar-refractivity contribution in [3.63, 3.8) is 0 Å². The summed E-state index contributed by atoms with van der Waals surface area (Å²) in [5.74, 6) is -0.555. The Kier molecular flexibility index (Phi) is 3.97. The highest BCUT2D eigenvalue weighted by molar-refractivity contribution is 5.78. The molecular weight excluding hydrogens is 256 g/mol. The fourth-order valence-electron chi connectivity index (χ4n) is 2.02. The minimum Gasteiger partial charge on any atom is -0.481 e. The Hall–Kier alpha value is -2.04. The number of carboxylic acid groups (broad SMARTS) is 1. The Labute approximate surface area is 118 Å². The van der Waals surface area contributed by atoms with Crippen LogP contribution in [0.5, 0.6) is 0 Å². The molecule has 0 heterocycles. The first-order valence-electron chi connectivity index (χ1n) is 6.73. The first-order valence-corrected chi connectivity index (χ1v) is 6.73. The normalized spacial score (nSPS) is 21.1. The van der Waals surface area contributed by atoms with Crippen molar-refractivity contribution >= 4 is 12.0 Å². The predicted molar refractivity (Wildman–Crippen MR) is 75.5 cm³/mol. The lowest BCUT2D eigenvalue weighted by Crippen LogP contribution is -2.44. The lowest BCUT2D eigenvalue weighted by Gasteiger charge is -2.19. The number of nitrogens with one attached hydrogen (secondary N) is 2. The molecule has 5 nitrogen and oxygen atoms in total. The summed E-state index contributed by atoms with van der Waals surface area (Å²) in [6.07, 6.45) is 0.930. The van der Waals surface area contributed by atoms with Gasteiger partial charge >= 0.3 is 12.0 Å². The van der Waals surface area contributed by atoms with Gasteiger partial charge in [-0.3, -0.25) is 4.79 Å². The minimum atomic E-state index is -0.959. The van der Waals surface area contributed by atoms with Crippen molar-refractivity contribution in [1.29, 1.82) is 0 Å². The van der Waals surface area contributed by atoms with Gasteiger partial charge in [-0.25, -0.2) is 4.79 Å². The highest BCUT2D eigenvalue weighted by Gasteiger charge is 2.39. The van der Waals surface area contributed by atoms with Gasteiger partial charge in [0, 0.05) is 18.5 Å². The van der Waals surface area contributed by atoms with Gasteiger partial charge in [-0.1, -0.05) is 30.3 Å². The molecule has 1 fully saturated rings. The maximum Gasteiger partial charge on any atom is 0.315 e. The van der Waals surface area contributed by atoms with E-state index in [9.17, 15) is 9.59 Å². The van der Waals surface area contributed by atoms with Crippen LogP contribution in [0.2, 0.25) is 0 Å². The second-order valence-electron chi connectivity index (χ2n) is 5.88. The summed E-state index contributed by atoms with van der Waals surface area (Å²) in [4.78, 5) is 22.7. The van der Waals surface area contributed by atoms with Gasteiger partial charge in [-0.05, 0) is 25.8 Å². The zero-order valence-corrected chi connectivity index (χ0v) is 11.7. The van der Waals surface area contributed by atoms with Crippen molar-refractivity contribution in [3.8, 4) is 0 Å². The number of benzene rings is 1. The number of carboxylic acids is 1. The maximum absolute atomic E-state index is 11.7. The molecular formula is C15H20N2O3. The zero-order valence-electron chi connectivity index (χ0n) is 11.7. The molecule has 0 saturated heterocycles. The Bertz CT molecular complexity index is 499. The fraction of sp³-hybridized carbons (Fsp3) is 0.467. The van der Waals surface area contributed by atoms with E-state index in [2.05, 4.69) is 22.8 Å². The quantitative estimate of drug-likeness (QED) is 0.769. The molecule has 2 atom stereocenters. The number of amides is 2. The molecule has 20 heavy (non-hydrogen) atoms. The highest BCUT2D eigenvalue weighted by Crippen LogP contribution is 2.40. The number of aliphatic carboxylic acids is 1.